The second-order valence-corrected chi connectivity index (χ2v) is 8.60. The highest BCUT2D eigenvalue weighted by Crippen LogP contribution is 2.37. The second kappa shape index (κ2) is 12.2. The van der Waals surface area contributed by atoms with Crippen molar-refractivity contribution >= 4 is 17.8 Å². The van der Waals surface area contributed by atoms with Gasteiger partial charge in [-0.1, -0.05) is 19.9 Å². The maximum Gasteiger partial charge on any atom is 0.248 e. The van der Waals surface area contributed by atoms with Crippen LogP contribution in [0.25, 0.3) is 0 Å². The minimum atomic E-state index is -0.354. The zero-order valence-electron chi connectivity index (χ0n) is 20.7. The van der Waals surface area contributed by atoms with Crippen molar-refractivity contribution in [3.05, 3.63) is 42.0 Å². The molecule has 1 amide bonds. The molecular weight excluding hydrogens is 434 g/mol. The summed E-state index contributed by atoms with van der Waals surface area (Å²) in [5.41, 5.74) is 1.50. The number of piperidine rings is 1. The molecule has 1 fully saturated rings. The van der Waals surface area contributed by atoms with Crippen LogP contribution in [0.4, 0.5) is 5.69 Å². The Labute approximate surface area is 201 Å². The lowest BCUT2D eigenvalue weighted by Crippen LogP contribution is -2.44. The van der Waals surface area contributed by atoms with E-state index in [1.54, 1.807) is 27.5 Å². The molecule has 0 aliphatic carbocycles. The molecule has 1 heterocycles. The number of nitrogens with zero attached hydrogens (tertiary/aromatic N) is 2. The summed E-state index contributed by atoms with van der Waals surface area (Å²) in [7, 11) is 4.72. The third-order valence-electron chi connectivity index (χ3n) is 5.50. The topological polar surface area (TPSA) is 81.6 Å². The number of carbonyl (C=O) groups is 1. The number of ether oxygens (including phenoxy) is 4. The quantitative estimate of drug-likeness (QED) is 0.513. The van der Waals surface area contributed by atoms with E-state index in [9.17, 15) is 4.79 Å². The van der Waals surface area contributed by atoms with E-state index < -0.39 is 0 Å². The smallest absolute Gasteiger partial charge is 0.248 e. The summed E-state index contributed by atoms with van der Waals surface area (Å²) in [6.45, 7) is 5.53. The first-order valence-corrected chi connectivity index (χ1v) is 11.6. The molecule has 0 spiro atoms. The van der Waals surface area contributed by atoms with E-state index in [-0.39, 0.29) is 11.9 Å². The van der Waals surface area contributed by atoms with Gasteiger partial charge >= 0.3 is 0 Å². The van der Waals surface area contributed by atoms with Crippen LogP contribution in [0, 0.1) is 5.92 Å². The van der Waals surface area contributed by atoms with Crippen molar-refractivity contribution in [2.45, 2.75) is 39.2 Å². The van der Waals surface area contributed by atoms with Crippen molar-refractivity contribution in [2.24, 2.45) is 11.0 Å². The summed E-state index contributed by atoms with van der Waals surface area (Å²) in [6, 6.07) is 10.8. The van der Waals surface area contributed by atoms with Gasteiger partial charge in [0.25, 0.3) is 0 Å². The van der Waals surface area contributed by atoms with Crippen LogP contribution in [0.3, 0.4) is 0 Å². The number of methoxy groups -OCH3 is 3. The van der Waals surface area contributed by atoms with Crippen LogP contribution in [0.2, 0.25) is 0 Å². The summed E-state index contributed by atoms with van der Waals surface area (Å²) >= 11 is 0. The molecule has 8 nitrogen and oxygen atoms in total. The monoisotopic (exact) mass is 469 g/mol. The van der Waals surface area contributed by atoms with E-state index in [2.05, 4.69) is 24.3 Å². The molecule has 1 N–H and O–H groups in total. The number of anilines is 1. The fourth-order valence-corrected chi connectivity index (χ4v) is 3.79. The number of carbonyl (C=O) groups excluding carboxylic acids is 1. The molecule has 1 saturated heterocycles. The first kappa shape index (κ1) is 25.2. The molecule has 0 saturated carbocycles. The van der Waals surface area contributed by atoms with E-state index >= 15 is 0 Å². The zero-order valence-corrected chi connectivity index (χ0v) is 20.7. The molecule has 2 aromatic rings. The maximum absolute atomic E-state index is 13.1. The van der Waals surface area contributed by atoms with Crippen LogP contribution in [0.1, 0.15) is 38.7 Å². The highest BCUT2D eigenvalue weighted by Gasteiger charge is 2.28. The Morgan fingerprint density at radius 1 is 1.12 bits per heavy atom. The van der Waals surface area contributed by atoms with Gasteiger partial charge in [0.1, 0.15) is 11.8 Å². The van der Waals surface area contributed by atoms with Crippen LogP contribution in [-0.4, -0.2) is 57.7 Å². The van der Waals surface area contributed by atoms with Crippen molar-refractivity contribution in [1.29, 1.82) is 0 Å². The van der Waals surface area contributed by atoms with Crippen molar-refractivity contribution < 1.29 is 23.7 Å². The van der Waals surface area contributed by atoms with E-state index in [0.717, 1.165) is 30.6 Å². The Morgan fingerprint density at radius 3 is 2.50 bits per heavy atom. The van der Waals surface area contributed by atoms with Gasteiger partial charge in [-0.3, -0.25) is 9.80 Å². The molecule has 0 aromatic heterocycles. The first-order valence-electron chi connectivity index (χ1n) is 11.6. The average molecular weight is 470 g/mol. The van der Waals surface area contributed by atoms with Gasteiger partial charge in [0, 0.05) is 23.9 Å². The van der Waals surface area contributed by atoms with Gasteiger partial charge in [-0.2, -0.15) is 5.10 Å². The normalized spacial score (nSPS) is 15.9. The zero-order chi connectivity index (χ0) is 24.5. The number of nitrogens with one attached hydrogen (secondary N) is 1. The van der Waals surface area contributed by atoms with E-state index in [0.29, 0.717) is 42.0 Å². The minimum absolute atomic E-state index is 0.0808. The average Bonchev–Trinajstić information content (AvgIpc) is 2.85. The highest BCUT2D eigenvalue weighted by atomic mass is 16.5. The van der Waals surface area contributed by atoms with Crippen molar-refractivity contribution in [1.82, 2.24) is 5.01 Å². The maximum atomic E-state index is 13.1. The van der Waals surface area contributed by atoms with Gasteiger partial charge < -0.3 is 24.3 Å². The minimum Gasteiger partial charge on any atom is -0.493 e. The molecule has 184 valence electrons. The Hall–Kier alpha value is -3.42. The Balaban J connectivity index is 1.73. The fraction of sp³-hybridized carbons (Fsp3) is 0.462. The van der Waals surface area contributed by atoms with Gasteiger partial charge in [-0.05, 0) is 49.4 Å². The lowest BCUT2D eigenvalue weighted by Gasteiger charge is -2.32. The molecule has 1 atom stereocenters. The molecule has 34 heavy (non-hydrogen) atoms. The number of amides is 1. The molecule has 2 aromatic carbocycles. The Kier molecular flexibility index (Phi) is 9.01. The summed E-state index contributed by atoms with van der Waals surface area (Å²) < 4.78 is 22.0. The number of hydrazone groups is 1. The third kappa shape index (κ3) is 6.56. The highest BCUT2D eigenvalue weighted by molar-refractivity contribution is 5.95. The predicted octanol–water partition coefficient (Wildman–Crippen LogP) is 4.57. The largest absolute Gasteiger partial charge is 0.493 e. The molecule has 3 rings (SSSR count). The van der Waals surface area contributed by atoms with Gasteiger partial charge in [0.2, 0.25) is 11.7 Å². The molecule has 0 radical (unpaired) electrons. The number of rotatable bonds is 10. The van der Waals surface area contributed by atoms with E-state index in [1.807, 2.05) is 41.4 Å². The number of hydrogen-bond donors (Lipinski definition) is 1. The second-order valence-electron chi connectivity index (χ2n) is 8.60. The summed E-state index contributed by atoms with van der Waals surface area (Å²) in [5, 5.41) is 9.52. The summed E-state index contributed by atoms with van der Waals surface area (Å²) in [4.78, 5) is 13.1. The third-order valence-corrected chi connectivity index (χ3v) is 5.50. The van der Waals surface area contributed by atoms with Crippen LogP contribution >= 0.6 is 0 Å². The number of benzene rings is 2. The van der Waals surface area contributed by atoms with Crippen LogP contribution in [-0.2, 0) is 4.79 Å². The molecular formula is C26H35N3O5. The van der Waals surface area contributed by atoms with Crippen molar-refractivity contribution in [3.8, 4) is 23.0 Å². The molecule has 8 heteroatoms. The first-order chi connectivity index (χ1) is 16.4. The standard InChI is InChI=1S/C26H35N3O5/c1-18(2)17-34-21-10-8-9-20(15-21)28-26(30)22-11-6-7-12-29(22)27-16-19-13-23(31-3)25(33-5)24(14-19)32-4/h8-10,13-16,18,22H,6-7,11-12,17H2,1-5H3,(H,28,30)/b27-16+. The van der Waals surface area contributed by atoms with Crippen LogP contribution in [0.5, 0.6) is 23.0 Å². The van der Waals surface area contributed by atoms with Gasteiger partial charge in [0.15, 0.2) is 11.5 Å². The van der Waals surface area contributed by atoms with Crippen LogP contribution < -0.4 is 24.3 Å². The van der Waals surface area contributed by atoms with Gasteiger partial charge in [0.05, 0.1) is 34.2 Å². The Bertz CT molecular complexity index is 967. The summed E-state index contributed by atoms with van der Waals surface area (Å²) in [5.74, 6) is 2.72. The van der Waals surface area contributed by atoms with E-state index in [1.165, 1.54) is 0 Å². The summed E-state index contributed by atoms with van der Waals surface area (Å²) in [6.07, 6.45) is 4.42. The number of hydrogen-bond acceptors (Lipinski definition) is 7. The van der Waals surface area contributed by atoms with E-state index in [4.69, 9.17) is 18.9 Å². The molecule has 1 unspecified atom stereocenters. The molecule has 1 aliphatic heterocycles. The molecule has 1 aliphatic rings. The molecule has 0 bridgehead atoms. The van der Waals surface area contributed by atoms with Gasteiger partial charge in [-0.15, -0.1) is 0 Å². The van der Waals surface area contributed by atoms with Crippen molar-refractivity contribution in [3.63, 3.8) is 0 Å². The Morgan fingerprint density at radius 2 is 1.85 bits per heavy atom. The lowest BCUT2D eigenvalue weighted by atomic mass is 10.0. The predicted molar refractivity (Wildman–Crippen MR) is 133 cm³/mol. The van der Waals surface area contributed by atoms with Crippen molar-refractivity contribution in [2.75, 3.05) is 39.8 Å². The fourth-order valence-electron chi connectivity index (χ4n) is 3.79. The lowest BCUT2D eigenvalue weighted by molar-refractivity contribution is -0.122. The van der Waals surface area contributed by atoms with Crippen LogP contribution in [0.15, 0.2) is 41.5 Å². The SMILES string of the molecule is COc1cc(/C=N/N2CCCCC2C(=O)Nc2cccc(OCC(C)C)c2)cc(OC)c1OC. The van der Waals surface area contributed by atoms with Gasteiger partial charge in [-0.25, -0.2) is 0 Å².